The van der Waals surface area contributed by atoms with Crippen molar-refractivity contribution in [2.45, 2.75) is 6.92 Å². The summed E-state index contributed by atoms with van der Waals surface area (Å²) in [5, 5.41) is 15.9. The summed E-state index contributed by atoms with van der Waals surface area (Å²) < 4.78 is 4.89. The van der Waals surface area contributed by atoms with Gasteiger partial charge in [0.2, 0.25) is 0 Å². The maximum atomic E-state index is 9.58. The quantitative estimate of drug-likeness (QED) is 0.424. The van der Waals surface area contributed by atoms with Gasteiger partial charge in [0.05, 0.1) is 12.3 Å². The normalized spacial score (nSPS) is 9.88. The minimum atomic E-state index is 0.182. The predicted octanol–water partition coefficient (Wildman–Crippen LogP) is 1.63. The summed E-state index contributed by atoms with van der Waals surface area (Å²) in [6, 6.07) is 5.30. The van der Waals surface area contributed by atoms with Gasteiger partial charge in [-0.25, -0.2) is 0 Å². The molecule has 0 spiro atoms. The molecule has 0 aliphatic heterocycles. The Kier molecular flexibility index (Phi) is 5.01. The zero-order chi connectivity index (χ0) is 12.0. The number of hydrogen-bond acceptors (Lipinski definition) is 3. The largest absolute Gasteiger partial charge is 0.506 e. The smallest absolute Gasteiger partial charge is 0.170 e. The molecule has 16 heavy (non-hydrogen) atoms. The van der Waals surface area contributed by atoms with Crippen LogP contribution >= 0.6 is 12.2 Å². The van der Waals surface area contributed by atoms with E-state index in [1.807, 2.05) is 19.1 Å². The van der Waals surface area contributed by atoms with Crippen LogP contribution < -0.4 is 10.6 Å². The average molecular weight is 240 g/mol. The molecule has 0 radical (unpaired) electrons. The number of methoxy groups -OCH3 is 1. The molecule has 5 heteroatoms. The fourth-order valence-electron chi connectivity index (χ4n) is 1.18. The fraction of sp³-hybridized carbons (Fsp3) is 0.364. The number of ether oxygens (including phenoxy) is 1. The molecular formula is C11H16N2O2S. The second-order valence-corrected chi connectivity index (χ2v) is 3.80. The Morgan fingerprint density at radius 1 is 1.50 bits per heavy atom. The summed E-state index contributed by atoms with van der Waals surface area (Å²) in [5.41, 5.74) is 1.66. The maximum Gasteiger partial charge on any atom is 0.170 e. The van der Waals surface area contributed by atoms with Crippen molar-refractivity contribution >= 4 is 23.0 Å². The Hall–Kier alpha value is -1.33. The Bertz CT molecular complexity index is 369. The van der Waals surface area contributed by atoms with Crippen molar-refractivity contribution in [1.29, 1.82) is 0 Å². The van der Waals surface area contributed by atoms with Gasteiger partial charge in [0.1, 0.15) is 5.75 Å². The van der Waals surface area contributed by atoms with Crippen LogP contribution in [0.2, 0.25) is 0 Å². The van der Waals surface area contributed by atoms with E-state index < -0.39 is 0 Å². The molecular weight excluding hydrogens is 224 g/mol. The lowest BCUT2D eigenvalue weighted by Crippen LogP contribution is -2.31. The van der Waals surface area contributed by atoms with E-state index >= 15 is 0 Å². The van der Waals surface area contributed by atoms with E-state index in [9.17, 15) is 5.11 Å². The van der Waals surface area contributed by atoms with Gasteiger partial charge < -0.3 is 20.5 Å². The van der Waals surface area contributed by atoms with Crippen molar-refractivity contribution in [2.24, 2.45) is 0 Å². The summed E-state index contributed by atoms with van der Waals surface area (Å²) >= 11 is 5.06. The van der Waals surface area contributed by atoms with Crippen LogP contribution in [0.5, 0.6) is 5.75 Å². The van der Waals surface area contributed by atoms with E-state index in [4.69, 9.17) is 17.0 Å². The third-order valence-electron chi connectivity index (χ3n) is 1.99. The number of aryl methyl sites for hydroxylation is 1. The molecule has 88 valence electrons. The van der Waals surface area contributed by atoms with Crippen molar-refractivity contribution in [3.05, 3.63) is 23.8 Å². The SMILES string of the molecule is COCCNC(=S)Nc1cc(C)ccc1O. The van der Waals surface area contributed by atoms with Gasteiger partial charge in [-0.2, -0.15) is 0 Å². The van der Waals surface area contributed by atoms with Crippen LogP contribution in [0.4, 0.5) is 5.69 Å². The molecule has 0 saturated carbocycles. The molecule has 1 aromatic rings. The molecule has 0 fully saturated rings. The topological polar surface area (TPSA) is 53.5 Å². The second kappa shape index (κ2) is 6.30. The minimum Gasteiger partial charge on any atom is -0.506 e. The zero-order valence-corrected chi connectivity index (χ0v) is 10.2. The Morgan fingerprint density at radius 2 is 2.25 bits per heavy atom. The number of nitrogens with one attached hydrogen (secondary N) is 2. The Balaban J connectivity index is 2.52. The van der Waals surface area contributed by atoms with Gasteiger partial charge in [-0.05, 0) is 36.8 Å². The lowest BCUT2D eigenvalue weighted by Gasteiger charge is -2.11. The van der Waals surface area contributed by atoms with E-state index in [1.165, 1.54) is 0 Å². The van der Waals surface area contributed by atoms with E-state index in [0.29, 0.717) is 24.0 Å². The lowest BCUT2D eigenvalue weighted by molar-refractivity contribution is 0.204. The highest BCUT2D eigenvalue weighted by Crippen LogP contribution is 2.23. The number of aromatic hydroxyl groups is 1. The van der Waals surface area contributed by atoms with Crippen molar-refractivity contribution < 1.29 is 9.84 Å². The number of phenolic OH excluding ortho intramolecular Hbond substituents is 1. The van der Waals surface area contributed by atoms with Crippen LogP contribution in [-0.4, -0.2) is 30.5 Å². The van der Waals surface area contributed by atoms with Gasteiger partial charge in [-0.3, -0.25) is 0 Å². The van der Waals surface area contributed by atoms with E-state index in [-0.39, 0.29) is 5.75 Å². The summed E-state index contributed by atoms with van der Waals surface area (Å²) in [4.78, 5) is 0. The summed E-state index contributed by atoms with van der Waals surface area (Å²) in [5.74, 6) is 0.182. The van der Waals surface area contributed by atoms with Crippen molar-refractivity contribution in [1.82, 2.24) is 5.32 Å². The number of thiocarbonyl (C=S) groups is 1. The van der Waals surface area contributed by atoms with Crippen LogP contribution in [0.15, 0.2) is 18.2 Å². The Labute approximate surface area is 101 Å². The molecule has 1 aromatic carbocycles. The molecule has 0 saturated heterocycles. The fourth-order valence-corrected chi connectivity index (χ4v) is 1.40. The molecule has 0 amide bonds. The summed E-state index contributed by atoms with van der Waals surface area (Å²) in [6.07, 6.45) is 0. The first-order chi connectivity index (χ1) is 7.63. The van der Waals surface area contributed by atoms with Gasteiger partial charge in [0, 0.05) is 13.7 Å². The molecule has 0 unspecified atom stereocenters. The summed E-state index contributed by atoms with van der Waals surface area (Å²) in [6.45, 7) is 3.17. The van der Waals surface area contributed by atoms with Gasteiger partial charge in [-0.15, -0.1) is 0 Å². The van der Waals surface area contributed by atoms with Crippen LogP contribution in [0.25, 0.3) is 0 Å². The first-order valence-corrected chi connectivity index (χ1v) is 5.37. The highest BCUT2D eigenvalue weighted by atomic mass is 32.1. The molecule has 4 nitrogen and oxygen atoms in total. The minimum absolute atomic E-state index is 0.182. The molecule has 0 aromatic heterocycles. The first-order valence-electron chi connectivity index (χ1n) is 4.97. The number of rotatable bonds is 4. The van der Waals surface area contributed by atoms with E-state index in [0.717, 1.165) is 5.56 Å². The zero-order valence-electron chi connectivity index (χ0n) is 9.41. The van der Waals surface area contributed by atoms with Crippen molar-refractivity contribution in [3.63, 3.8) is 0 Å². The van der Waals surface area contributed by atoms with E-state index in [1.54, 1.807) is 13.2 Å². The van der Waals surface area contributed by atoms with Crippen LogP contribution in [0.1, 0.15) is 5.56 Å². The number of benzene rings is 1. The monoisotopic (exact) mass is 240 g/mol. The molecule has 1 rings (SSSR count). The second-order valence-electron chi connectivity index (χ2n) is 3.39. The molecule has 3 N–H and O–H groups in total. The van der Waals surface area contributed by atoms with Crippen LogP contribution in [0.3, 0.4) is 0 Å². The predicted molar refractivity (Wildman–Crippen MR) is 68.9 cm³/mol. The van der Waals surface area contributed by atoms with Crippen molar-refractivity contribution in [2.75, 3.05) is 25.6 Å². The molecule has 0 atom stereocenters. The third kappa shape index (κ3) is 4.04. The van der Waals surface area contributed by atoms with Crippen LogP contribution in [-0.2, 0) is 4.74 Å². The molecule has 0 bridgehead atoms. The molecule has 0 heterocycles. The first kappa shape index (κ1) is 12.7. The number of anilines is 1. The van der Waals surface area contributed by atoms with Gasteiger partial charge in [0.25, 0.3) is 0 Å². The lowest BCUT2D eigenvalue weighted by atomic mass is 10.2. The van der Waals surface area contributed by atoms with Crippen LogP contribution in [0, 0.1) is 6.92 Å². The van der Waals surface area contributed by atoms with Crippen molar-refractivity contribution in [3.8, 4) is 5.75 Å². The number of hydrogen-bond donors (Lipinski definition) is 3. The molecule has 0 aliphatic rings. The number of phenols is 1. The highest BCUT2D eigenvalue weighted by molar-refractivity contribution is 7.80. The highest BCUT2D eigenvalue weighted by Gasteiger charge is 2.02. The average Bonchev–Trinajstić information content (AvgIpc) is 2.24. The molecule has 0 aliphatic carbocycles. The Morgan fingerprint density at radius 3 is 2.94 bits per heavy atom. The third-order valence-corrected chi connectivity index (χ3v) is 2.24. The van der Waals surface area contributed by atoms with E-state index in [2.05, 4.69) is 10.6 Å². The summed E-state index contributed by atoms with van der Waals surface area (Å²) in [7, 11) is 1.63. The van der Waals surface area contributed by atoms with Gasteiger partial charge in [-0.1, -0.05) is 6.07 Å². The standard InChI is InChI=1S/C11H16N2O2S/c1-8-3-4-10(14)9(7-8)13-11(16)12-5-6-15-2/h3-4,7,14H,5-6H2,1-2H3,(H2,12,13,16). The maximum absolute atomic E-state index is 9.58. The van der Waals surface area contributed by atoms with Gasteiger partial charge in [0.15, 0.2) is 5.11 Å². The van der Waals surface area contributed by atoms with Gasteiger partial charge >= 0.3 is 0 Å².